The molecule has 2 N–H and O–H groups in total. The van der Waals surface area contributed by atoms with Gasteiger partial charge in [-0.2, -0.15) is 0 Å². The van der Waals surface area contributed by atoms with Gasteiger partial charge >= 0.3 is 0 Å². The molecule has 0 radical (unpaired) electrons. The SMILES string of the molecule is Cc1ncc(N)c(Cl)c1Cl. The largest absolute Gasteiger partial charge is 0.396 e. The van der Waals surface area contributed by atoms with E-state index in [1.54, 1.807) is 6.92 Å². The number of nitrogens with zero attached hydrogens (tertiary/aromatic N) is 1. The van der Waals surface area contributed by atoms with E-state index in [9.17, 15) is 0 Å². The topological polar surface area (TPSA) is 38.9 Å². The number of pyridine rings is 1. The van der Waals surface area contributed by atoms with Crippen LogP contribution >= 0.6 is 23.2 Å². The van der Waals surface area contributed by atoms with Crippen molar-refractivity contribution in [3.8, 4) is 0 Å². The normalized spacial score (nSPS) is 9.90. The molecule has 0 bridgehead atoms. The van der Waals surface area contributed by atoms with Gasteiger partial charge in [-0.3, -0.25) is 4.98 Å². The Labute approximate surface area is 69.0 Å². The first-order valence-corrected chi connectivity index (χ1v) is 3.44. The first-order chi connectivity index (χ1) is 4.63. The quantitative estimate of drug-likeness (QED) is 0.660. The lowest BCUT2D eigenvalue weighted by Crippen LogP contribution is -1.91. The van der Waals surface area contributed by atoms with Crippen molar-refractivity contribution in [1.82, 2.24) is 4.98 Å². The molecule has 0 saturated carbocycles. The fourth-order valence-electron chi connectivity index (χ4n) is 0.565. The van der Waals surface area contributed by atoms with Gasteiger partial charge in [-0.15, -0.1) is 0 Å². The van der Waals surface area contributed by atoms with E-state index in [0.29, 0.717) is 21.4 Å². The number of hydrogen-bond donors (Lipinski definition) is 1. The number of aromatic nitrogens is 1. The molecule has 0 atom stereocenters. The van der Waals surface area contributed by atoms with Crippen molar-refractivity contribution in [1.29, 1.82) is 0 Å². The summed E-state index contributed by atoms with van der Waals surface area (Å²) in [5, 5.41) is 0.816. The van der Waals surface area contributed by atoms with E-state index in [0.717, 1.165) is 0 Å². The first kappa shape index (κ1) is 7.63. The average Bonchev–Trinajstić information content (AvgIpc) is 1.93. The van der Waals surface area contributed by atoms with Crippen LogP contribution < -0.4 is 5.73 Å². The molecule has 0 spiro atoms. The summed E-state index contributed by atoms with van der Waals surface area (Å²) in [7, 11) is 0. The number of nitrogen functional groups attached to an aromatic ring is 1. The van der Waals surface area contributed by atoms with Crippen LogP contribution in [-0.4, -0.2) is 4.98 Å². The molecule has 54 valence electrons. The summed E-state index contributed by atoms with van der Waals surface area (Å²) >= 11 is 11.4. The Morgan fingerprint density at radius 2 is 2.00 bits per heavy atom. The predicted molar refractivity (Wildman–Crippen MR) is 43.4 cm³/mol. The Kier molecular flexibility index (Phi) is 2.02. The van der Waals surface area contributed by atoms with Gasteiger partial charge in [-0.05, 0) is 6.92 Å². The van der Waals surface area contributed by atoms with Crippen LogP contribution in [0.5, 0.6) is 0 Å². The molecular formula is C6H6Cl2N2. The second-order valence-corrected chi connectivity index (χ2v) is 2.68. The third-order valence-corrected chi connectivity index (χ3v) is 2.13. The standard InChI is InChI=1S/C6H6Cl2N2/c1-3-5(7)6(8)4(9)2-10-3/h2H,9H2,1H3. The Hall–Kier alpha value is -0.470. The maximum absolute atomic E-state index is 5.71. The monoisotopic (exact) mass is 176 g/mol. The molecule has 0 saturated heterocycles. The molecule has 10 heavy (non-hydrogen) atoms. The zero-order valence-corrected chi connectivity index (χ0v) is 6.87. The maximum atomic E-state index is 5.71. The molecule has 0 amide bonds. The lowest BCUT2D eigenvalue weighted by atomic mass is 10.3. The van der Waals surface area contributed by atoms with E-state index < -0.39 is 0 Å². The van der Waals surface area contributed by atoms with Gasteiger partial charge < -0.3 is 5.73 Å². The van der Waals surface area contributed by atoms with Gasteiger partial charge in [0.1, 0.15) is 0 Å². The summed E-state index contributed by atoms with van der Waals surface area (Å²) in [5.74, 6) is 0. The van der Waals surface area contributed by atoms with Crippen molar-refractivity contribution >= 4 is 28.9 Å². The first-order valence-electron chi connectivity index (χ1n) is 2.69. The number of halogens is 2. The fraction of sp³-hybridized carbons (Fsp3) is 0.167. The van der Waals surface area contributed by atoms with Crippen LogP contribution in [0, 0.1) is 6.92 Å². The Bertz CT molecular complexity index is 233. The average molecular weight is 177 g/mol. The molecule has 0 aromatic carbocycles. The zero-order chi connectivity index (χ0) is 7.72. The van der Waals surface area contributed by atoms with Crippen LogP contribution in [-0.2, 0) is 0 Å². The molecule has 1 heterocycles. The van der Waals surface area contributed by atoms with E-state index in [1.165, 1.54) is 6.20 Å². The summed E-state index contributed by atoms with van der Waals surface area (Å²) in [6.07, 6.45) is 1.49. The Balaban J connectivity index is 3.34. The molecule has 0 aliphatic rings. The second-order valence-electron chi connectivity index (χ2n) is 1.93. The van der Waals surface area contributed by atoms with Crippen molar-refractivity contribution in [2.75, 3.05) is 5.73 Å². The third kappa shape index (κ3) is 1.18. The van der Waals surface area contributed by atoms with Crippen molar-refractivity contribution < 1.29 is 0 Å². The number of rotatable bonds is 0. The van der Waals surface area contributed by atoms with Gasteiger partial charge in [0.15, 0.2) is 0 Å². The number of aryl methyl sites for hydroxylation is 1. The van der Waals surface area contributed by atoms with Gasteiger partial charge in [0, 0.05) is 0 Å². The lowest BCUT2D eigenvalue weighted by Gasteiger charge is -2.00. The highest BCUT2D eigenvalue weighted by atomic mass is 35.5. The van der Waals surface area contributed by atoms with Gasteiger partial charge in [0.25, 0.3) is 0 Å². The van der Waals surface area contributed by atoms with Crippen LogP contribution in [0.3, 0.4) is 0 Å². The van der Waals surface area contributed by atoms with Gasteiger partial charge in [-0.25, -0.2) is 0 Å². The molecule has 0 aliphatic carbocycles. The summed E-state index contributed by atoms with van der Waals surface area (Å²) in [6.45, 7) is 1.77. The number of anilines is 1. The minimum Gasteiger partial charge on any atom is -0.396 e. The predicted octanol–water partition coefficient (Wildman–Crippen LogP) is 2.28. The van der Waals surface area contributed by atoms with Gasteiger partial charge in [0.05, 0.1) is 27.6 Å². The fourth-order valence-corrected chi connectivity index (χ4v) is 0.909. The van der Waals surface area contributed by atoms with Crippen molar-refractivity contribution in [2.45, 2.75) is 6.92 Å². The summed E-state index contributed by atoms with van der Waals surface area (Å²) < 4.78 is 0. The molecule has 1 rings (SSSR count). The molecule has 0 fully saturated rings. The minimum absolute atomic E-state index is 0.383. The van der Waals surface area contributed by atoms with Crippen molar-refractivity contribution in [2.24, 2.45) is 0 Å². The summed E-state index contributed by atoms with van der Waals surface area (Å²) in [4.78, 5) is 3.90. The van der Waals surface area contributed by atoms with E-state index in [1.807, 2.05) is 0 Å². The second kappa shape index (κ2) is 2.64. The highest BCUT2D eigenvalue weighted by molar-refractivity contribution is 6.43. The van der Waals surface area contributed by atoms with E-state index in [4.69, 9.17) is 28.9 Å². The minimum atomic E-state index is 0.383. The maximum Gasteiger partial charge on any atom is 0.0855 e. The highest BCUT2D eigenvalue weighted by Gasteiger charge is 2.04. The van der Waals surface area contributed by atoms with E-state index in [2.05, 4.69) is 4.98 Å². The van der Waals surface area contributed by atoms with Crippen LogP contribution in [0.25, 0.3) is 0 Å². The Morgan fingerprint density at radius 1 is 1.40 bits per heavy atom. The molecule has 0 aliphatic heterocycles. The molecular weight excluding hydrogens is 171 g/mol. The van der Waals surface area contributed by atoms with E-state index in [-0.39, 0.29) is 0 Å². The Morgan fingerprint density at radius 3 is 2.50 bits per heavy atom. The number of hydrogen-bond acceptors (Lipinski definition) is 2. The molecule has 0 unspecified atom stereocenters. The van der Waals surface area contributed by atoms with Crippen LogP contribution in [0.2, 0.25) is 10.0 Å². The summed E-state index contributed by atoms with van der Waals surface area (Å²) in [5.41, 5.74) is 6.52. The van der Waals surface area contributed by atoms with E-state index >= 15 is 0 Å². The lowest BCUT2D eigenvalue weighted by molar-refractivity contribution is 1.20. The number of nitrogens with two attached hydrogens (primary N) is 1. The third-order valence-electron chi connectivity index (χ3n) is 1.16. The van der Waals surface area contributed by atoms with Crippen LogP contribution in [0.15, 0.2) is 6.20 Å². The summed E-state index contributed by atoms with van der Waals surface area (Å²) in [6, 6.07) is 0. The molecule has 2 nitrogen and oxygen atoms in total. The van der Waals surface area contributed by atoms with Crippen LogP contribution in [0.4, 0.5) is 5.69 Å². The van der Waals surface area contributed by atoms with Crippen LogP contribution in [0.1, 0.15) is 5.69 Å². The molecule has 1 aromatic rings. The molecule has 4 heteroatoms. The smallest absolute Gasteiger partial charge is 0.0855 e. The van der Waals surface area contributed by atoms with Crippen molar-refractivity contribution in [3.05, 3.63) is 21.9 Å². The van der Waals surface area contributed by atoms with Crippen molar-refractivity contribution in [3.63, 3.8) is 0 Å². The highest BCUT2D eigenvalue weighted by Crippen LogP contribution is 2.28. The zero-order valence-electron chi connectivity index (χ0n) is 5.36. The molecule has 1 aromatic heterocycles. The van der Waals surface area contributed by atoms with Gasteiger partial charge in [0.2, 0.25) is 0 Å². The van der Waals surface area contributed by atoms with Gasteiger partial charge in [-0.1, -0.05) is 23.2 Å².